The van der Waals surface area contributed by atoms with Crippen molar-refractivity contribution in [3.63, 3.8) is 0 Å². The van der Waals surface area contributed by atoms with Crippen LogP contribution in [-0.2, 0) is 0 Å². The number of thiazole rings is 1. The number of halogens is 1. The van der Waals surface area contributed by atoms with Crippen LogP contribution >= 0.6 is 11.3 Å². The highest BCUT2D eigenvalue weighted by Crippen LogP contribution is 2.32. The maximum absolute atomic E-state index is 13.3. The highest BCUT2D eigenvalue weighted by Gasteiger charge is 2.13. The van der Waals surface area contributed by atoms with E-state index in [2.05, 4.69) is 16.7 Å². The van der Waals surface area contributed by atoms with Gasteiger partial charge >= 0.3 is 0 Å². The smallest absolute Gasteiger partial charge is 0.231 e. The zero-order chi connectivity index (χ0) is 19.5. The number of hydrogen-bond donors (Lipinski definition) is 0. The van der Waals surface area contributed by atoms with Crippen LogP contribution in [0.2, 0.25) is 0 Å². The molecule has 4 rings (SSSR count). The Morgan fingerprint density at radius 2 is 2.00 bits per heavy atom. The Kier molecular flexibility index (Phi) is 5.08. The summed E-state index contributed by atoms with van der Waals surface area (Å²) in [5, 5.41) is 6.59. The second kappa shape index (κ2) is 7.82. The van der Waals surface area contributed by atoms with Gasteiger partial charge in [0.25, 0.3) is 0 Å². The number of nitrogens with zero attached hydrogens (tertiary/aromatic N) is 3. The van der Waals surface area contributed by atoms with E-state index in [9.17, 15) is 4.39 Å². The summed E-state index contributed by atoms with van der Waals surface area (Å²) in [6, 6.07) is 12.0. The summed E-state index contributed by atoms with van der Waals surface area (Å²) in [5.74, 6) is 1.15. The van der Waals surface area contributed by atoms with Crippen molar-refractivity contribution < 1.29 is 13.9 Å². The van der Waals surface area contributed by atoms with E-state index < -0.39 is 0 Å². The minimum atomic E-state index is -0.276. The van der Waals surface area contributed by atoms with Crippen LogP contribution < -0.4 is 14.3 Å². The molecule has 0 N–H and O–H groups in total. The Hall–Kier alpha value is -3.19. The molecular weight excluding hydrogens is 377 g/mol. The average molecular weight is 395 g/mol. The van der Waals surface area contributed by atoms with Gasteiger partial charge in [0, 0.05) is 10.9 Å². The minimum Gasteiger partial charge on any atom is -0.454 e. The fourth-order valence-corrected chi connectivity index (χ4v) is 3.50. The van der Waals surface area contributed by atoms with Gasteiger partial charge in [0.05, 0.1) is 18.5 Å². The third kappa shape index (κ3) is 3.89. The van der Waals surface area contributed by atoms with E-state index in [4.69, 9.17) is 9.47 Å². The monoisotopic (exact) mass is 395 g/mol. The second-order valence-corrected chi connectivity index (χ2v) is 7.19. The first-order chi connectivity index (χ1) is 13.6. The van der Waals surface area contributed by atoms with E-state index in [1.807, 2.05) is 30.5 Å². The fourth-order valence-electron chi connectivity index (χ4n) is 2.66. The van der Waals surface area contributed by atoms with Gasteiger partial charge in [0.2, 0.25) is 11.6 Å². The molecule has 0 atom stereocenters. The lowest BCUT2D eigenvalue weighted by molar-refractivity contribution is 0.174. The van der Waals surface area contributed by atoms with Crippen LogP contribution in [0.1, 0.15) is 12.5 Å². The van der Waals surface area contributed by atoms with Gasteiger partial charge in [-0.3, -0.25) is 4.99 Å². The number of aromatic nitrogens is 1. The van der Waals surface area contributed by atoms with Crippen molar-refractivity contribution in [3.05, 3.63) is 76.2 Å². The van der Waals surface area contributed by atoms with Crippen LogP contribution in [0.25, 0.3) is 11.3 Å². The number of fused-ring (bicyclic) bond motifs is 1. The summed E-state index contributed by atoms with van der Waals surface area (Å²) in [4.78, 5) is 5.32. The molecule has 7 heteroatoms. The maximum Gasteiger partial charge on any atom is 0.231 e. The van der Waals surface area contributed by atoms with Gasteiger partial charge in [-0.15, -0.1) is 11.3 Å². The lowest BCUT2D eigenvalue weighted by Gasteiger charge is -2.04. The lowest BCUT2D eigenvalue weighted by atomic mass is 10.2. The molecule has 142 valence electrons. The summed E-state index contributed by atoms with van der Waals surface area (Å²) >= 11 is 1.48. The standard InChI is InChI=1S/C21H18FN3O2S/c1-14(2)10-23-21-25(18(12-28-21)16-4-6-17(22)7-5-16)24-11-15-3-8-19-20(9-15)27-13-26-19/h3-9,11-12H,1,10,13H2,2H3. The molecule has 1 aliphatic rings. The molecule has 0 bridgehead atoms. The molecule has 2 aromatic carbocycles. The molecule has 2 heterocycles. The molecular formula is C21H18FN3O2S. The van der Waals surface area contributed by atoms with Crippen LogP contribution in [0, 0.1) is 5.82 Å². The molecule has 28 heavy (non-hydrogen) atoms. The van der Waals surface area contributed by atoms with Crippen molar-refractivity contribution >= 4 is 17.6 Å². The zero-order valence-electron chi connectivity index (χ0n) is 15.3. The summed E-state index contributed by atoms with van der Waals surface area (Å²) in [7, 11) is 0. The Morgan fingerprint density at radius 1 is 1.21 bits per heavy atom. The quantitative estimate of drug-likeness (QED) is 0.474. The van der Waals surface area contributed by atoms with Crippen molar-refractivity contribution in [3.8, 4) is 22.8 Å². The number of benzene rings is 2. The molecule has 0 fully saturated rings. The molecule has 0 spiro atoms. The molecule has 1 aromatic heterocycles. The first kappa shape index (κ1) is 18.2. The summed E-state index contributed by atoms with van der Waals surface area (Å²) in [6.45, 7) is 6.57. The molecule has 5 nitrogen and oxygen atoms in total. The lowest BCUT2D eigenvalue weighted by Crippen LogP contribution is -2.13. The molecule has 0 unspecified atom stereocenters. The summed E-state index contributed by atoms with van der Waals surface area (Å²) in [6.07, 6.45) is 1.74. The van der Waals surface area contributed by atoms with E-state index in [0.717, 1.165) is 32.9 Å². The van der Waals surface area contributed by atoms with Gasteiger partial charge in [0.1, 0.15) is 5.82 Å². The third-order valence-corrected chi connectivity index (χ3v) is 4.88. The Bertz CT molecular complexity index is 1110. The average Bonchev–Trinajstić information content (AvgIpc) is 3.31. The van der Waals surface area contributed by atoms with Gasteiger partial charge in [0.15, 0.2) is 11.5 Å². The first-order valence-corrected chi connectivity index (χ1v) is 9.53. The van der Waals surface area contributed by atoms with Gasteiger partial charge in [-0.2, -0.15) is 5.10 Å². The topological polar surface area (TPSA) is 48.1 Å². The third-order valence-electron chi connectivity index (χ3n) is 4.03. The van der Waals surface area contributed by atoms with Crippen molar-refractivity contribution in [2.24, 2.45) is 10.1 Å². The van der Waals surface area contributed by atoms with Gasteiger partial charge < -0.3 is 9.47 Å². The van der Waals surface area contributed by atoms with E-state index >= 15 is 0 Å². The highest BCUT2D eigenvalue weighted by molar-refractivity contribution is 7.07. The Morgan fingerprint density at radius 3 is 2.79 bits per heavy atom. The first-order valence-electron chi connectivity index (χ1n) is 8.65. The van der Waals surface area contributed by atoms with Gasteiger partial charge in [-0.05, 0) is 55.0 Å². The maximum atomic E-state index is 13.3. The predicted octanol–water partition coefficient (Wildman–Crippen LogP) is 4.44. The van der Waals surface area contributed by atoms with E-state index in [1.165, 1.54) is 23.5 Å². The van der Waals surface area contributed by atoms with Crippen LogP contribution in [0.4, 0.5) is 4.39 Å². The van der Waals surface area contributed by atoms with Crippen molar-refractivity contribution in [2.45, 2.75) is 6.92 Å². The Balaban J connectivity index is 1.74. The van der Waals surface area contributed by atoms with Gasteiger partial charge in [-0.1, -0.05) is 12.2 Å². The van der Waals surface area contributed by atoms with Crippen molar-refractivity contribution in [2.75, 3.05) is 13.3 Å². The van der Waals surface area contributed by atoms with E-state index in [-0.39, 0.29) is 12.6 Å². The molecule has 0 saturated carbocycles. The second-order valence-electron chi connectivity index (χ2n) is 6.35. The van der Waals surface area contributed by atoms with Crippen molar-refractivity contribution in [1.29, 1.82) is 0 Å². The summed E-state index contributed by atoms with van der Waals surface area (Å²) < 4.78 is 25.8. The molecule has 0 aliphatic carbocycles. The number of ether oxygens (including phenoxy) is 2. The van der Waals surface area contributed by atoms with Crippen LogP contribution in [-0.4, -0.2) is 24.2 Å². The molecule has 3 aromatic rings. The van der Waals surface area contributed by atoms with Crippen molar-refractivity contribution in [1.82, 2.24) is 4.68 Å². The molecule has 0 amide bonds. The Labute approximate surface area is 165 Å². The predicted molar refractivity (Wildman–Crippen MR) is 109 cm³/mol. The van der Waals surface area contributed by atoms with Crippen LogP contribution in [0.3, 0.4) is 0 Å². The SMILES string of the molecule is C=C(C)CN=c1scc(-c2ccc(F)cc2)n1N=Cc1ccc2c(c1)OCO2. The van der Waals surface area contributed by atoms with Gasteiger partial charge in [-0.25, -0.2) is 9.07 Å². The molecule has 0 radical (unpaired) electrons. The normalized spacial score (nSPS) is 13.4. The summed E-state index contributed by atoms with van der Waals surface area (Å²) in [5.41, 5.74) is 3.53. The number of hydrogen-bond acceptors (Lipinski definition) is 5. The number of rotatable bonds is 5. The molecule has 0 saturated heterocycles. The van der Waals surface area contributed by atoms with Crippen LogP contribution in [0.5, 0.6) is 11.5 Å². The highest BCUT2D eigenvalue weighted by atomic mass is 32.1. The fraction of sp³-hybridized carbons (Fsp3) is 0.143. The minimum absolute atomic E-state index is 0.230. The van der Waals surface area contributed by atoms with Crippen LogP contribution in [0.15, 0.2) is 70.1 Å². The molecule has 1 aliphatic heterocycles. The van der Waals surface area contributed by atoms with E-state index in [0.29, 0.717) is 12.3 Å². The zero-order valence-corrected chi connectivity index (χ0v) is 16.1. The van der Waals surface area contributed by atoms with E-state index in [1.54, 1.807) is 23.0 Å². The largest absolute Gasteiger partial charge is 0.454 e.